The number of fused-ring (bicyclic) bond motifs is 1. The summed E-state index contributed by atoms with van der Waals surface area (Å²) < 4.78 is 13.0. The van der Waals surface area contributed by atoms with Gasteiger partial charge >= 0.3 is 0 Å². The molecule has 1 aromatic heterocycles. The molecule has 1 aliphatic carbocycles. The largest absolute Gasteiger partial charge is 0.492 e. The lowest BCUT2D eigenvalue weighted by Crippen LogP contribution is -2.34. The van der Waals surface area contributed by atoms with Crippen LogP contribution < -0.4 is 15.6 Å². The molecule has 0 atom stereocenters. The van der Waals surface area contributed by atoms with Crippen LogP contribution in [-0.2, 0) is 17.7 Å². The predicted molar refractivity (Wildman–Crippen MR) is 94.3 cm³/mol. The number of ether oxygens (including phenoxy) is 2. The topological polar surface area (TPSA) is 72.8 Å². The van der Waals surface area contributed by atoms with Gasteiger partial charge in [-0.05, 0) is 32.9 Å². The molecule has 1 N–H and O–H groups in total. The Labute approximate surface area is 147 Å². The minimum atomic E-state index is -0.182. The highest BCUT2D eigenvalue weighted by molar-refractivity contribution is 5.98. The summed E-state index contributed by atoms with van der Waals surface area (Å²) in [5, 5.41) is 2.95. The minimum Gasteiger partial charge on any atom is -0.492 e. The van der Waals surface area contributed by atoms with E-state index in [0.717, 1.165) is 25.1 Å². The molecule has 0 radical (unpaired) electrons. The van der Waals surface area contributed by atoms with E-state index in [0.29, 0.717) is 56.6 Å². The Morgan fingerprint density at radius 1 is 1.40 bits per heavy atom. The summed E-state index contributed by atoms with van der Waals surface area (Å²) in [5.74, 6) is 0.778. The number of carbonyl (C=O) groups is 1. The molecule has 0 spiro atoms. The normalized spacial score (nSPS) is 17.1. The lowest BCUT2D eigenvalue weighted by molar-refractivity contribution is 0.0944. The van der Waals surface area contributed by atoms with Gasteiger partial charge in [-0.1, -0.05) is 0 Å². The zero-order chi connectivity index (χ0) is 17.8. The van der Waals surface area contributed by atoms with Crippen LogP contribution in [0.4, 0.5) is 0 Å². The third-order valence-electron chi connectivity index (χ3n) is 4.57. The van der Waals surface area contributed by atoms with Crippen molar-refractivity contribution >= 4 is 5.91 Å². The van der Waals surface area contributed by atoms with Crippen molar-refractivity contribution in [2.75, 3.05) is 47.0 Å². The second-order valence-corrected chi connectivity index (χ2v) is 7.00. The number of amides is 1. The summed E-state index contributed by atoms with van der Waals surface area (Å²) >= 11 is 0. The molecular weight excluding hydrogens is 322 g/mol. The first-order valence-corrected chi connectivity index (χ1v) is 8.96. The van der Waals surface area contributed by atoms with Crippen LogP contribution in [0, 0.1) is 5.92 Å². The molecule has 0 unspecified atom stereocenters. The molecule has 7 heteroatoms. The number of nitrogens with one attached hydrogen (secondary N) is 1. The number of pyridine rings is 1. The molecule has 1 aromatic rings. The van der Waals surface area contributed by atoms with Crippen LogP contribution in [0.15, 0.2) is 10.9 Å². The molecule has 0 bridgehead atoms. The number of carbonyl (C=O) groups excluding carboxylic acids is 1. The molecule has 2 heterocycles. The van der Waals surface area contributed by atoms with E-state index in [2.05, 4.69) is 5.32 Å². The van der Waals surface area contributed by atoms with Crippen LogP contribution in [0.5, 0.6) is 5.75 Å². The van der Waals surface area contributed by atoms with Gasteiger partial charge in [0.05, 0.1) is 19.8 Å². The fourth-order valence-electron chi connectivity index (χ4n) is 2.93. The van der Waals surface area contributed by atoms with E-state index in [9.17, 15) is 9.59 Å². The molecule has 1 amide bonds. The third kappa shape index (κ3) is 4.61. The van der Waals surface area contributed by atoms with Gasteiger partial charge in [-0.3, -0.25) is 9.59 Å². The lowest BCUT2D eigenvalue weighted by Gasteiger charge is -2.18. The molecule has 7 nitrogen and oxygen atoms in total. The zero-order valence-corrected chi connectivity index (χ0v) is 15.0. The molecule has 0 aromatic carbocycles. The average molecular weight is 349 g/mol. The van der Waals surface area contributed by atoms with Gasteiger partial charge < -0.3 is 24.3 Å². The van der Waals surface area contributed by atoms with Gasteiger partial charge in [0, 0.05) is 37.8 Å². The maximum Gasteiger partial charge on any atom is 0.256 e. The van der Waals surface area contributed by atoms with Gasteiger partial charge in [0.2, 0.25) is 0 Å². The maximum atomic E-state index is 12.8. The molecular formula is C18H27N3O4. The first-order chi connectivity index (χ1) is 12.1. The monoisotopic (exact) mass is 349 g/mol. The second-order valence-electron chi connectivity index (χ2n) is 7.00. The Bertz CT molecular complexity index is 680. The van der Waals surface area contributed by atoms with Crippen molar-refractivity contribution in [2.24, 2.45) is 5.92 Å². The van der Waals surface area contributed by atoms with Gasteiger partial charge in [0.1, 0.15) is 11.3 Å². The zero-order valence-electron chi connectivity index (χ0n) is 15.0. The standard InChI is InChI=1S/C18H27N3O4/c1-20(2)7-6-19-18(23)17-14-5-9-24-10-8-21(14)16(22)11-15(17)25-12-13-3-4-13/h11,13H,3-10,12H2,1-2H3,(H,19,23). The van der Waals surface area contributed by atoms with E-state index in [-0.39, 0.29) is 11.5 Å². The van der Waals surface area contributed by atoms with Crippen molar-refractivity contribution in [1.82, 2.24) is 14.8 Å². The number of nitrogens with zero attached hydrogens (tertiary/aromatic N) is 2. The first-order valence-electron chi connectivity index (χ1n) is 8.96. The Hall–Kier alpha value is -1.86. The van der Waals surface area contributed by atoms with E-state index in [4.69, 9.17) is 9.47 Å². The van der Waals surface area contributed by atoms with E-state index < -0.39 is 0 Å². The first kappa shape index (κ1) is 17.9. The van der Waals surface area contributed by atoms with E-state index >= 15 is 0 Å². The average Bonchev–Trinajstić information content (AvgIpc) is 3.39. The van der Waals surface area contributed by atoms with Gasteiger partial charge in [-0.25, -0.2) is 0 Å². The van der Waals surface area contributed by atoms with E-state index in [1.165, 1.54) is 6.07 Å². The van der Waals surface area contributed by atoms with Crippen LogP contribution in [0.3, 0.4) is 0 Å². The third-order valence-corrected chi connectivity index (χ3v) is 4.57. The number of hydrogen-bond donors (Lipinski definition) is 1. The van der Waals surface area contributed by atoms with Gasteiger partial charge in [0.25, 0.3) is 11.5 Å². The Morgan fingerprint density at radius 3 is 2.92 bits per heavy atom. The molecule has 1 aliphatic heterocycles. The Kier molecular flexibility index (Phi) is 5.75. The van der Waals surface area contributed by atoms with Crippen LogP contribution in [0.25, 0.3) is 0 Å². The van der Waals surface area contributed by atoms with Crippen LogP contribution in [-0.4, -0.2) is 62.4 Å². The highest BCUT2D eigenvalue weighted by Crippen LogP contribution is 2.31. The highest BCUT2D eigenvalue weighted by Gasteiger charge is 2.26. The molecule has 3 rings (SSSR count). The van der Waals surface area contributed by atoms with Crippen molar-refractivity contribution < 1.29 is 14.3 Å². The number of aromatic nitrogens is 1. The van der Waals surface area contributed by atoms with Gasteiger partial charge in [-0.15, -0.1) is 0 Å². The molecule has 2 aliphatic rings. The smallest absolute Gasteiger partial charge is 0.256 e. The molecule has 25 heavy (non-hydrogen) atoms. The summed E-state index contributed by atoms with van der Waals surface area (Å²) in [5.41, 5.74) is 1.08. The summed E-state index contributed by atoms with van der Waals surface area (Å²) in [7, 11) is 3.92. The molecule has 0 saturated heterocycles. The number of rotatable bonds is 7. The van der Waals surface area contributed by atoms with Crippen molar-refractivity contribution in [2.45, 2.75) is 25.8 Å². The Balaban J connectivity index is 1.89. The number of hydrogen-bond acceptors (Lipinski definition) is 5. The van der Waals surface area contributed by atoms with Crippen LogP contribution in [0.2, 0.25) is 0 Å². The fourth-order valence-corrected chi connectivity index (χ4v) is 2.93. The second kappa shape index (κ2) is 8.01. The SMILES string of the molecule is CN(C)CCNC(=O)c1c(OCC2CC2)cc(=O)n2c1CCOCC2. The van der Waals surface area contributed by atoms with Crippen LogP contribution in [0.1, 0.15) is 28.9 Å². The molecule has 1 saturated carbocycles. The van der Waals surface area contributed by atoms with Gasteiger partial charge in [-0.2, -0.15) is 0 Å². The maximum absolute atomic E-state index is 12.8. The lowest BCUT2D eigenvalue weighted by atomic mass is 10.1. The highest BCUT2D eigenvalue weighted by atomic mass is 16.5. The molecule has 1 fully saturated rings. The predicted octanol–water partition coefficient (Wildman–Crippen LogP) is 0.501. The summed E-state index contributed by atoms with van der Waals surface area (Å²) in [6.45, 7) is 3.32. The quantitative estimate of drug-likeness (QED) is 0.776. The van der Waals surface area contributed by atoms with Crippen molar-refractivity contribution in [3.05, 3.63) is 27.7 Å². The Morgan fingerprint density at radius 2 is 2.20 bits per heavy atom. The summed E-state index contributed by atoms with van der Waals surface area (Å²) in [4.78, 5) is 27.3. The molecule has 138 valence electrons. The van der Waals surface area contributed by atoms with Gasteiger partial charge in [0.15, 0.2) is 0 Å². The van der Waals surface area contributed by atoms with E-state index in [1.807, 2.05) is 19.0 Å². The number of likely N-dealkylation sites (N-methyl/N-ethyl adjacent to an activating group) is 1. The summed E-state index contributed by atoms with van der Waals surface area (Å²) in [6, 6.07) is 1.46. The van der Waals surface area contributed by atoms with Crippen molar-refractivity contribution in [1.29, 1.82) is 0 Å². The summed E-state index contributed by atoms with van der Waals surface area (Å²) in [6.07, 6.45) is 2.84. The van der Waals surface area contributed by atoms with E-state index in [1.54, 1.807) is 4.57 Å². The van der Waals surface area contributed by atoms with Crippen molar-refractivity contribution in [3.8, 4) is 5.75 Å². The fraction of sp³-hybridized carbons (Fsp3) is 0.667. The van der Waals surface area contributed by atoms with Crippen molar-refractivity contribution in [3.63, 3.8) is 0 Å². The van der Waals surface area contributed by atoms with Crippen LogP contribution >= 0.6 is 0 Å². The minimum absolute atomic E-state index is 0.129.